The minimum Gasteiger partial charge on any atom is -0.376 e. The van der Waals surface area contributed by atoms with Gasteiger partial charge in [-0.1, -0.05) is 13.8 Å². The van der Waals surface area contributed by atoms with E-state index in [1.807, 2.05) is 4.90 Å². The van der Waals surface area contributed by atoms with Crippen molar-refractivity contribution in [1.82, 2.24) is 10.2 Å². The van der Waals surface area contributed by atoms with Gasteiger partial charge < -0.3 is 15.0 Å². The zero-order valence-corrected chi connectivity index (χ0v) is 12.6. The van der Waals surface area contributed by atoms with Crippen LogP contribution in [0.5, 0.6) is 0 Å². The largest absolute Gasteiger partial charge is 0.376 e. The lowest BCUT2D eigenvalue weighted by Gasteiger charge is -2.18. The third-order valence-electron chi connectivity index (χ3n) is 4.09. The van der Waals surface area contributed by atoms with E-state index in [9.17, 15) is 9.59 Å². The molecule has 2 atom stereocenters. The van der Waals surface area contributed by atoms with Crippen LogP contribution in [0.15, 0.2) is 0 Å². The fraction of sp³-hybridized carbons (Fsp3) is 0.867. The van der Waals surface area contributed by atoms with Gasteiger partial charge in [-0.15, -0.1) is 0 Å². The first-order valence-electron chi connectivity index (χ1n) is 7.73. The van der Waals surface area contributed by atoms with Crippen molar-refractivity contribution in [3.63, 3.8) is 0 Å². The maximum atomic E-state index is 12.1. The van der Waals surface area contributed by atoms with Crippen molar-refractivity contribution in [2.24, 2.45) is 11.8 Å². The van der Waals surface area contributed by atoms with E-state index in [1.165, 1.54) is 0 Å². The average molecular weight is 282 g/mol. The van der Waals surface area contributed by atoms with Gasteiger partial charge in [-0.3, -0.25) is 9.59 Å². The molecular formula is C15H26N2O3. The molecule has 2 heterocycles. The SMILES string of the molecule is CC(C)CCN1C[C@@H](C(=O)NC[C@@H]2CCCO2)CC1=O. The van der Waals surface area contributed by atoms with E-state index in [-0.39, 0.29) is 23.8 Å². The van der Waals surface area contributed by atoms with Gasteiger partial charge in [0.05, 0.1) is 12.0 Å². The van der Waals surface area contributed by atoms with Crippen LogP contribution < -0.4 is 5.32 Å². The Hall–Kier alpha value is -1.10. The molecule has 0 aliphatic carbocycles. The van der Waals surface area contributed by atoms with E-state index in [0.717, 1.165) is 32.4 Å². The Morgan fingerprint density at radius 1 is 1.50 bits per heavy atom. The van der Waals surface area contributed by atoms with Crippen molar-refractivity contribution in [3.05, 3.63) is 0 Å². The van der Waals surface area contributed by atoms with E-state index in [4.69, 9.17) is 4.74 Å². The van der Waals surface area contributed by atoms with Crippen molar-refractivity contribution in [3.8, 4) is 0 Å². The van der Waals surface area contributed by atoms with Gasteiger partial charge in [0.2, 0.25) is 11.8 Å². The van der Waals surface area contributed by atoms with Crippen molar-refractivity contribution < 1.29 is 14.3 Å². The molecule has 0 bridgehead atoms. The number of hydrogen-bond donors (Lipinski definition) is 1. The first-order chi connectivity index (χ1) is 9.56. The second-order valence-electron chi connectivity index (χ2n) is 6.30. The van der Waals surface area contributed by atoms with Crippen LogP contribution in [-0.2, 0) is 14.3 Å². The lowest BCUT2D eigenvalue weighted by atomic mass is 10.1. The standard InChI is InChI=1S/C15H26N2O3/c1-11(2)5-6-17-10-12(8-14(17)18)15(19)16-9-13-4-3-7-20-13/h11-13H,3-10H2,1-2H3,(H,16,19)/t12-,13-/m0/s1. The van der Waals surface area contributed by atoms with Gasteiger partial charge >= 0.3 is 0 Å². The topological polar surface area (TPSA) is 58.6 Å². The highest BCUT2D eigenvalue weighted by molar-refractivity contribution is 5.89. The number of amides is 2. The number of ether oxygens (including phenoxy) is 1. The molecule has 20 heavy (non-hydrogen) atoms. The Labute approximate surface area is 121 Å². The molecule has 0 aromatic carbocycles. The molecule has 0 radical (unpaired) electrons. The van der Waals surface area contributed by atoms with Crippen LogP contribution >= 0.6 is 0 Å². The van der Waals surface area contributed by atoms with Gasteiger partial charge in [-0.05, 0) is 25.2 Å². The fourth-order valence-corrected chi connectivity index (χ4v) is 2.74. The summed E-state index contributed by atoms with van der Waals surface area (Å²) in [6.07, 6.45) is 3.61. The molecule has 2 aliphatic heterocycles. The summed E-state index contributed by atoms with van der Waals surface area (Å²) in [6, 6.07) is 0. The van der Waals surface area contributed by atoms with Crippen molar-refractivity contribution >= 4 is 11.8 Å². The number of likely N-dealkylation sites (tertiary alicyclic amines) is 1. The van der Waals surface area contributed by atoms with E-state index in [1.54, 1.807) is 0 Å². The monoisotopic (exact) mass is 282 g/mol. The first kappa shape index (κ1) is 15.3. The van der Waals surface area contributed by atoms with Gasteiger partial charge in [0, 0.05) is 32.7 Å². The van der Waals surface area contributed by atoms with E-state index in [2.05, 4.69) is 19.2 Å². The van der Waals surface area contributed by atoms with Crippen LogP contribution in [0.1, 0.15) is 39.5 Å². The quantitative estimate of drug-likeness (QED) is 0.796. The predicted molar refractivity (Wildman–Crippen MR) is 76.1 cm³/mol. The Bertz CT molecular complexity index is 351. The maximum absolute atomic E-state index is 12.1. The van der Waals surface area contributed by atoms with E-state index >= 15 is 0 Å². The Morgan fingerprint density at radius 3 is 2.95 bits per heavy atom. The third kappa shape index (κ3) is 4.20. The Balaban J connectivity index is 1.72. The highest BCUT2D eigenvalue weighted by Gasteiger charge is 2.34. The van der Waals surface area contributed by atoms with Gasteiger partial charge in [0.1, 0.15) is 0 Å². The average Bonchev–Trinajstić information content (AvgIpc) is 3.03. The molecule has 2 amide bonds. The van der Waals surface area contributed by atoms with Crippen LogP contribution in [0.25, 0.3) is 0 Å². The van der Waals surface area contributed by atoms with Gasteiger partial charge in [0.25, 0.3) is 0 Å². The highest BCUT2D eigenvalue weighted by Crippen LogP contribution is 2.19. The van der Waals surface area contributed by atoms with Crippen LogP contribution in [0.2, 0.25) is 0 Å². The summed E-state index contributed by atoms with van der Waals surface area (Å²) >= 11 is 0. The maximum Gasteiger partial charge on any atom is 0.225 e. The van der Waals surface area contributed by atoms with E-state index < -0.39 is 0 Å². The molecule has 0 spiro atoms. The highest BCUT2D eigenvalue weighted by atomic mass is 16.5. The molecule has 2 fully saturated rings. The molecule has 0 aromatic rings. The number of nitrogens with one attached hydrogen (secondary N) is 1. The zero-order valence-electron chi connectivity index (χ0n) is 12.6. The molecule has 5 heteroatoms. The minimum atomic E-state index is -0.184. The smallest absolute Gasteiger partial charge is 0.225 e. The fourth-order valence-electron chi connectivity index (χ4n) is 2.74. The minimum absolute atomic E-state index is 0.000830. The van der Waals surface area contributed by atoms with Crippen LogP contribution in [-0.4, -0.2) is 49.1 Å². The normalized spacial score (nSPS) is 26.6. The second kappa shape index (κ2) is 7.07. The summed E-state index contributed by atoms with van der Waals surface area (Å²) in [4.78, 5) is 25.8. The first-order valence-corrected chi connectivity index (χ1v) is 7.73. The Morgan fingerprint density at radius 2 is 2.30 bits per heavy atom. The van der Waals surface area contributed by atoms with Gasteiger partial charge in [0.15, 0.2) is 0 Å². The van der Waals surface area contributed by atoms with E-state index in [0.29, 0.717) is 25.4 Å². The van der Waals surface area contributed by atoms with Crippen LogP contribution in [0.4, 0.5) is 0 Å². The third-order valence-corrected chi connectivity index (χ3v) is 4.09. The van der Waals surface area contributed by atoms with Crippen LogP contribution in [0.3, 0.4) is 0 Å². The predicted octanol–water partition coefficient (Wildman–Crippen LogP) is 1.18. The van der Waals surface area contributed by atoms with Crippen molar-refractivity contribution in [1.29, 1.82) is 0 Å². The van der Waals surface area contributed by atoms with Crippen molar-refractivity contribution in [2.75, 3.05) is 26.2 Å². The molecular weight excluding hydrogens is 256 g/mol. The molecule has 2 aliphatic rings. The summed E-state index contributed by atoms with van der Waals surface area (Å²) in [5.74, 6) is 0.509. The lowest BCUT2D eigenvalue weighted by Crippen LogP contribution is -2.37. The number of nitrogens with zero attached hydrogens (tertiary/aromatic N) is 1. The molecule has 0 aromatic heterocycles. The second-order valence-corrected chi connectivity index (χ2v) is 6.30. The summed E-state index contributed by atoms with van der Waals surface area (Å²) < 4.78 is 5.48. The number of rotatable bonds is 6. The molecule has 2 saturated heterocycles. The molecule has 0 unspecified atom stereocenters. The molecule has 5 nitrogen and oxygen atoms in total. The van der Waals surface area contributed by atoms with Crippen LogP contribution in [0, 0.1) is 11.8 Å². The number of hydrogen-bond acceptors (Lipinski definition) is 3. The van der Waals surface area contributed by atoms with Crippen molar-refractivity contribution in [2.45, 2.75) is 45.6 Å². The van der Waals surface area contributed by atoms with Gasteiger partial charge in [-0.25, -0.2) is 0 Å². The molecule has 1 N–H and O–H groups in total. The lowest BCUT2D eigenvalue weighted by molar-refractivity contribution is -0.129. The summed E-state index contributed by atoms with van der Waals surface area (Å²) in [5, 5.41) is 2.93. The summed E-state index contributed by atoms with van der Waals surface area (Å²) in [5.41, 5.74) is 0. The Kier molecular flexibility index (Phi) is 5.40. The number of carbonyl (C=O) groups excluding carboxylic acids is 2. The summed E-state index contributed by atoms with van der Waals surface area (Å²) in [7, 11) is 0. The number of carbonyl (C=O) groups is 2. The summed E-state index contributed by atoms with van der Waals surface area (Å²) in [6.45, 7) is 7.01. The molecule has 2 rings (SSSR count). The van der Waals surface area contributed by atoms with Gasteiger partial charge in [-0.2, -0.15) is 0 Å². The molecule has 114 valence electrons. The molecule has 0 saturated carbocycles. The zero-order chi connectivity index (χ0) is 14.5.